The van der Waals surface area contributed by atoms with E-state index in [-0.39, 0.29) is 5.60 Å². The summed E-state index contributed by atoms with van der Waals surface area (Å²) in [5.41, 5.74) is -0.201. The number of allylic oxidation sites excluding steroid dienone is 2. The molecule has 0 aliphatic heterocycles. The van der Waals surface area contributed by atoms with Crippen LogP contribution in [0.1, 0.15) is 40.0 Å². The minimum absolute atomic E-state index is 0.201. The molecule has 0 atom stereocenters. The summed E-state index contributed by atoms with van der Waals surface area (Å²) < 4.78 is 0. The van der Waals surface area contributed by atoms with Crippen LogP contribution in [0, 0.1) is 5.92 Å². The lowest BCUT2D eigenvalue weighted by molar-refractivity contribution is -0.358. The predicted molar refractivity (Wildman–Crippen MR) is 64.5 cm³/mol. The standard InChI is InChI=1S/C13H24O2/c1-6-9-12(10-7-2)11-14-15-13(4,5)8-3/h6-7,12H,1-2,8-11H2,3-5H3. The van der Waals surface area contributed by atoms with Crippen molar-refractivity contribution in [3.63, 3.8) is 0 Å². The quantitative estimate of drug-likeness (QED) is 0.328. The van der Waals surface area contributed by atoms with E-state index in [4.69, 9.17) is 9.78 Å². The summed E-state index contributed by atoms with van der Waals surface area (Å²) in [6, 6.07) is 0. The Balaban J connectivity index is 3.79. The third-order valence-electron chi connectivity index (χ3n) is 2.44. The van der Waals surface area contributed by atoms with Crippen LogP contribution < -0.4 is 0 Å². The lowest BCUT2D eigenvalue weighted by Crippen LogP contribution is -2.24. The summed E-state index contributed by atoms with van der Waals surface area (Å²) in [5, 5.41) is 0. The predicted octanol–water partition coefficient (Wildman–Crippen LogP) is 3.89. The molecule has 2 nitrogen and oxygen atoms in total. The Morgan fingerprint density at radius 2 is 1.73 bits per heavy atom. The molecule has 0 unspecified atom stereocenters. The van der Waals surface area contributed by atoms with Crippen LogP contribution in [0.15, 0.2) is 25.3 Å². The van der Waals surface area contributed by atoms with Crippen LogP contribution >= 0.6 is 0 Å². The van der Waals surface area contributed by atoms with Gasteiger partial charge in [-0.1, -0.05) is 19.1 Å². The highest BCUT2D eigenvalue weighted by Crippen LogP contribution is 2.16. The summed E-state index contributed by atoms with van der Waals surface area (Å²) in [4.78, 5) is 10.6. The van der Waals surface area contributed by atoms with Crippen LogP contribution in [-0.2, 0) is 9.78 Å². The van der Waals surface area contributed by atoms with Crippen molar-refractivity contribution < 1.29 is 9.78 Å². The summed E-state index contributed by atoms with van der Waals surface area (Å²) in [7, 11) is 0. The molecule has 15 heavy (non-hydrogen) atoms. The molecule has 0 aliphatic rings. The Bertz CT molecular complexity index is 175. The van der Waals surface area contributed by atoms with Gasteiger partial charge in [-0.25, -0.2) is 9.78 Å². The van der Waals surface area contributed by atoms with E-state index < -0.39 is 0 Å². The van der Waals surface area contributed by atoms with Crippen LogP contribution in [0.3, 0.4) is 0 Å². The van der Waals surface area contributed by atoms with E-state index in [9.17, 15) is 0 Å². The summed E-state index contributed by atoms with van der Waals surface area (Å²) in [6.45, 7) is 14.2. The minimum Gasteiger partial charge on any atom is -0.236 e. The van der Waals surface area contributed by atoms with E-state index in [1.54, 1.807) is 0 Å². The molecule has 0 aromatic rings. The molecular formula is C13H24O2. The molecule has 88 valence electrons. The van der Waals surface area contributed by atoms with Gasteiger partial charge < -0.3 is 0 Å². The van der Waals surface area contributed by atoms with Crippen LogP contribution in [0.2, 0.25) is 0 Å². The number of hydrogen-bond donors (Lipinski definition) is 0. The van der Waals surface area contributed by atoms with Crippen molar-refractivity contribution in [2.45, 2.75) is 45.6 Å². The third kappa shape index (κ3) is 7.34. The highest BCUT2D eigenvalue weighted by atomic mass is 17.2. The molecule has 0 rings (SSSR count). The molecule has 0 aromatic heterocycles. The summed E-state index contributed by atoms with van der Waals surface area (Å²) in [6.07, 6.45) is 6.61. The first kappa shape index (κ1) is 14.4. The Hall–Kier alpha value is -0.600. The van der Waals surface area contributed by atoms with Gasteiger partial charge in [-0.3, -0.25) is 0 Å². The van der Waals surface area contributed by atoms with Crippen LogP contribution in [0.5, 0.6) is 0 Å². The van der Waals surface area contributed by atoms with Crippen molar-refractivity contribution in [3.05, 3.63) is 25.3 Å². The van der Waals surface area contributed by atoms with Gasteiger partial charge in [0.1, 0.15) is 0 Å². The topological polar surface area (TPSA) is 18.5 Å². The second kappa shape index (κ2) is 7.66. The van der Waals surface area contributed by atoms with Gasteiger partial charge in [-0.05, 0) is 39.0 Å². The molecule has 0 fully saturated rings. The zero-order valence-electron chi connectivity index (χ0n) is 10.3. The fourth-order valence-electron chi connectivity index (χ4n) is 1.05. The molecule has 0 aliphatic carbocycles. The fraction of sp³-hybridized carbons (Fsp3) is 0.692. The van der Waals surface area contributed by atoms with Crippen molar-refractivity contribution in [1.29, 1.82) is 0 Å². The van der Waals surface area contributed by atoms with Crippen LogP contribution in [-0.4, -0.2) is 12.2 Å². The van der Waals surface area contributed by atoms with E-state index in [0.29, 0.717) is 12.5 Å². The zero-order valence-corrected chi connectivity index (χ0v) is 10.3. The average Bonchev–Trinajstić information content (AvgIpc) is 2.18. The monoisotopic (exact) mass is 212 g/mol. The molecule has 0 saturated carbocycles. The molecule has 2 heteroatoms. The molecule has 0 N–H and O–H groups in total. The van der Waals surface area contributed by atoms with Gasteiger partial charge >= 0.3 is 0 Å². The first-order chi connectivity index (χ1) is 7.05. The van der Waals surface area contributed by atoms with E-state index in [1.807, 2.05) is 26.0 Å². The molecular weight excluding hydrogens is 188 g/mol. The lowest BCUT2D eigenvalue weighted by Gasteiger charge is -2.23. The molecule has 0 amide bonds. The fourth-order valence-corrected chi connectivity index (χ4v) is 1.05. The second-order valence-corrected chi connectivity index (χ2v) is 4.40. The van der Waals surface area contributed by atoms with Gasteiger partial charge in [-0.15, -0.1) is 13.2 Å². The number of rotatable bonds is 9. The van der Waals surface area contributed by atoms with E-state index in [2.05, 4.69) is 20.1 Å². The van der Waals surface area contributed by atoms with Crippen molar-refractivity contribution in [3.8, 4) is 0 Å². The highest BCUT2D eigenvalue weighted by Gasteiger charge is 2.17. The lowest BCUT2D eigenvalue weighted by atomic mass is 10.0. The molecule has 0 aromatic carbocycles. The molecule has 0 spiro atoms. The molecule has 0 radical (unpaired) electrons. The van der Waals surface area contributed by atoms with Crippen LogP contribution in [0.4, 0.5) is 0 Å². The maximum absolute atomic E-state index is 5.33. The van der Waals surface area contributed by atoms with Gasteiger partial charge in [-0.2, -0.15) is 0 Å². The smallest absolute Gasteiger partial charge is 0.0977 e. The van der Waals surface area contributed by atoms with Gasteiger partial charge in [0.15, 0.2) is 0 Å². The molecule has 0 heterocycles. The zero-order chi connectivity index (χ0) is 11.7. The average molecular weight is 212 g/mol. The highest BCUT2D eigenvalue weighted by molar-refractivity contribution is 4.79. The molecule has 0 bridgehead atoms. The SMILES string of the molecule is C=CCC(CC=C)COOC(C)(C)CC. The van der Waals surface area contributed by atoms with Crippen molar-refractivity contribution >= 4 is 0 Å². The summed E-state index contributed by atoms with van der Waals surface area (Å²) in [5.74, 6) is 0.424. The maximum Gasteiger partial charge on any atom is 0.0977 e. The van der Waals surface area contributed by atoms with E-state index in [0.717, 1.165) is 19.3 Å². The van der Waals surface area contributed by atoms with Gasteiger partial charge in [0.05, 0.1) is 12.2 Å². The number of hydrogen-bond acceptors (Lipinski definition) is 2. The second-order valence-electron chi connectivity index (χ2n) is 4.40. The maximum atomic E-state index is 5.33. The Kier molecular flexibility index (Phi) is 7.35. The first-order valence-corrected chi connectivity index (χ1v) is 5.58. The first-order valence-electron chi connectivity index (χ1n) is 5.58. The van der Waals surface area contributed by atoms with E-state index >= 15 is 0 Å². The normalized spacial score (nSPS) is 11.7. The Morgan fingerprint density at radius 3 is 2.13 bits per heavy atom. The Morgan fingerprint density at radius 1 is 1.20 bits per heavy atom. The minimum atomic E-state index is -0.201. The van der Waals surface area contributed by atoms with Gasteiger partial charge in [0.2, 0.25) is 0 Å². The third-order valence-corrected chi connectivity index (χ3v) is 2.44. The Labute approximate surface area is 93.9 Å². The van der Waals surface area contributed by atoms with Gasteiger partial charge in [0, 0.05) is 0 Å². The van der Waals surface area contributed by atoms with Crippen LogP contribution in [0.25, 0.3) is 0 Å². The summed E-state index contributed by atoms with van der Waals surface area (Å²) >= 11 is 0. The van der Waals surface area contributed by atoms with Gasteiger partial charge in [0.25, 0.3) is 0 Å². The van der Waals surface area contributed by atoms with Crippen molar-refractivity contribution in [2.75, 3.05) is 6.61 Å². The van der Waals surface area contributed by atoms with Crippen molar-refractivity contribution in [2.24, 2.45) is 5.92 Å². The largest absolute Gasteiger partial charge is 0.236 e. The van der Waals surface area contributed by atoms with E-state index in [1.165, 1.54) is 0 Å². The molecule has 0 saturated heterocycles. The van der Waals surface area contributed by atoms with Crippen molar-refractivity contribution in [1.82, 2.24) is 0 Å².